The zero-order valence-corrected chi connectivity index (χ0v) is 12.9. The number of aliphatic hydroxyl groups excluding tert-OH is 1. The Hall–Kier alpha value is -0.830. The minimum atomic E-state index is -0.0726. The first-order chi connectivity index (χ1) is 9.56. The molecule has 0 aliphatic heterocycles. The van der Waals surface area contributed by atoms with Crippen LogP contribution in [0.15, 0.2) is 12.2 Å². The van der Waals surface area contributed by atoms with Crippen molar-refractivity contribution in [2.45, 2.75) is 52.6 Å². The molecule has 114 valence electrons. The van der Waals surface area contributed by atoms with E-state index in [2.05, 4.69) is 19.1 Å². The first kappa shape index (κ1) is 15.6. The smallest absolute Gasteiger partial charge is 0.308 e. The number of allylic oxidation sites excluding steroid dienone is 2. The molecule has 2 aliphatic carbocycles. The third kappa shape index (κ3) is 3.25. The van der Waals surface area contributed by atoms with Crippen molar-refractivity contribution < 1.29 is 14.6 Å². The van der Waals surface area contributed by atoms with Crippen molar-refractivity contribution in [2.24, 2.45) is 29.6 Å². The summed E-state index contributed by atoms with van der Waals surface area (Å²) in [4.78, 5) is 12.1. The van der Waals surface area contributed by atoms with Crippen molar-refractivity contribution in [1.82, 2.24) is 0 Å². The SMILES string of the molecule is CC[C@H](C)C(=O)O[C@H]1C[C@@H](C)C[C@@H]2C=CC[C@H](CO)[C@@H]12. The van der Waals surface area contributed by atoms with Crippen LogP contribution in [0.2, 0.25) is 0 Å². The summed E-state index contributed by atoms with van der Waals surface area (Å²) in [5, 5.41) is 9.63. The standard InChI is InChI=1S/C17H28O3/c1-4-12(3)17(19)20-15-9-11(2)8-13-6-5-7-14(10-18)16(13)15/h5-6,11-16,18H,4,7-10H2,1-3H3/t11-,12-,13-,14+,15-,16-/m0/s1. The van der Waals surface area contributed by atoms with Crippen LogP contribution < -0.4 is 0 Å². The van der Waals surface area contributed by atoms with E-state index in [1.54, 1.807) is 0 Å². The number of carbonyl (C=O) groups excluding carboxylic acids is 1. The predicted molar refractivity (Wildman–Crippen MR) is 79.0 cm³/mol. The zero-order valence-electron chi connectivity index (χ0n) is 12.9. The molecular weight excluding hydrogens is 252 g/mol. The highest BCUT2D eigenvalue weighted by molar-refractivity contribution is 5.72. The predicted octanol–water partition coefficient (Wildman–Crippen LogP) is 3.18. The summed E-state index contributed by atoms with van der Waals surface area (Å²) in [6, 6.07) is 0. The van der Waals surface area contributed by atoms with Crippen LogP contribution >= 0.6 is 0 Å². The van der Waals surface area contributed by atoms with E-state index >= 15 is 0 Å². The first-order valence-corrected chi connectivity index (χ1v) is 8.04. The average molecular weight is 280 g/mol. The van der Waals surface area contributed by atoms with Gasteiger partial charge in [0.2, 0.25) is 0 Å². The average Bonchev–Trinajstić information content (AvgIpc) is 2.45. The molecule has 3 heteroatoms. The Balaban J connectivity index is 2.12. The summed E-state index contributed by atoms with van der Waals surface area (Å²) in [5.74, 6) is 1.47. The molecule has 0 spiro atoms. The lowest BCUT2D eigenvalue weighted by molar-refractivity contribution is -0.163. The van der Waals surface area contributed by atoms with E-state index in [4.69, 9.17) is 4.74 Å². The summed E-state index contributed by atoms with van der Waals surface area (Å²) < 4.78 is 5.83. The molecular formula is C17H28O3. The van der Waals surface area contributed by atoms with Gasteiger partial charge in [-0.05, 0) is 43.4 Å². The molecule has 1 N–H and O–H groups in total. The van der Waals surface area contributed by atoms with Crippen molar-refractivity contribution in [3.8, 4) is 0 Å². The lowest BCUT2D eigenvalue weighted by Gasteiger charge is -2.44. The fourth-order valence-electron chi connectivity index (χ4n) is 3.75. The number of rotatable bonds is 4. The van der Waals surface area contributed by atoms with Gasteiger partial charge in [0.1, 0.15) is 6.10 Å². The van der Waals surface area contributed by atoms with Crippen molar-refractivity contribution in [3.05, 3.63) is 12.2 Å². The van der Waals surface area contributed by atoms with Gasteiger partial charge in [0.05, 0.1) is 5.92 Å². The molecule has 0 aromatic carbocycles. The molecule has 0 amide bonds. The van der Waals surface area contributed by atoms with Gasteiger partial charge in [-0.2, -0.15) is 0 Å². The number of aliphatic hydroxyl groups is 1. The van der Waals surface area contributed by atoms with Gasteiger partial charge >= 0.3 is 5.97 Å². The molecule has 6 atom stereocenters. The first-order valence-electron chi connectivity index (χ1n) is 8.04. The second-order valence-corrected chi connectivity index (χ2v) is 6.71. The largest absolute Gasteiger partial charge is 0.462 e. The summed E-state index contributed by atoms with van der Waals surface area (Å²) >= 11 is 0. The molecule has 0 bridgehead atoms. The molecule has 2 aliphatic rings. The minimum absolute atomic E-state index is 0.0210. The van der Waals surface area contributed by atoms with Gasteiger partial charge in [-0.1, -0.05) is 32.9 Å². The molecule has 0 heterocycles. The molecule has 0 unspecified atom stereocenters. The highest BCUT2D eigenvalue weighted by atomic mass is 16.5. The van der Waals surface area contributed by atoms with Crippen molar-refractivity contribution >= 4 is 5.97 Å². The Bertz CT molecular complexity index is 363. The molecule has 2 rings (SSSR count). The van der Waals surface area contributed by atoms with Gasteiger partial charge in [0.25, 0.3) is 0 Å². The summed E-state index contributed by atoms with van der Waals surface area (Å²) in [5.41, 5.74) is 0. The van der Waals surface area contributed by atoms with E-state index in [1.165, 1.54) is 0 Å². The van der Waals surface area contributed by atoms with Crippen LogP contribution in [-0.2, 0) is 9.53 Å². The van der Waals surface area contributed by atoms with Crippen molar-refractivity contribution in [1.29, 1.82) is 0 Å². The minimum Gasteiger partial charge on any atom is -0.462 e. The maximum atomic E-state index is 12.1. The number of carbonyl (C=O) groups is 1. The Labute approximate surface area is 122 Å². The van der Waals surface area contributed by atoms with Crippen LogP contribution in [0.3, 0.4) is 0 Å². The third-order valence-electron chi connectivity index (χ3n) is 5.12. The van der Waals surface area contributed by atoms with Gasteiger partial charge < -0.3 is 9.84 Å². The summed E-state index contributed by atoms with van der Waals surface area (Å²) in [7, 11) is 0. The lowest BCUT2D eigenvalue weighted by atomic mass is 9.64. The van der Waals surface area contributed by atoms with E-state index in [9.17, 15) is 9.90 Å². The molecule has 0 radical (unpaired) electrons. The third-order valence-corrected chi connectivity index (χ3v) is 5.12. The normalized spacial score (nSPS) is 38.1. The van der Waals surface area contributed by atoms with Gasteiger partial charge in [-0.3, -0.25) is 4.79 Å². The molecule has 0 saturated heterocycles. The van der Waals surface area contributed by atoms with Gasteiger partial charge in [-0.25, -0.2) is 0 Å². The van der Waals surface area contributed by atoms with E-state index in [0.29, 0.717) is 17.8 Å². The van der Waals surface area contributed by atoms with Crippen LogP contribution in [0.4, 0.5) is 0 Å². The Kier molecular flexibility index (Phi) is 5.25. The fraction of sp³-hybridized carbons (Fsp3) is 0.824. The summed E-state index contributed by atoms with van der Waals surface area (Å²) in [6.07, 6.45) is 8.25. The van der Waals surface area contributed by atoms with Crippen molar-refractivity contribution in [2.75, 3.05) is 6.61 Å². The van der Waals surface area contributed by atoms with E-state index < -0.39 is 0 Å². The maximum Gasteiger partial charge on any atom is 0.308 e. The van der Waals surface area contributed by atoms with Gasteiger partial charge in [0, 0.05) is 12.5 Å². The number of ether oxygens (including phenoxy) is 1. The van der Waals surface area contributed by atoms with Crippen LogP contribution in [0.25, 0.3) is 0 Å². The Morgan fingerprint density at radius 2 is 2.20 bits per heavy atom. The molecule has 3 nitrogen and oxygen atoms in total. The molecule has 1 fully saturated rings. The summed E-state index contributed by atoms with van der Waals surface area (Å²) in [6.45, 7) is 6.36. The monoisotopic (exact) mass is 280 g/mol. The van der Waals surface area contributed by atoms with Crippen molar-refractivity contribution in [3.63, 3.8) is 0 Å². The van der Waals surface area contributed by atoms with Crippen LogP contribution in [0.1, 0.15) is 46.5 Å². The van der Waals surface area contributed by atoms with Crippen LogP contribution in [0.5, 0.6) is 0 Å². The second kappa shape index (κ2) is 6.75. The Morgan fingerprint density at radius 1 is 1.45 bits per heavy atom. The topological polar surface area (TPSA) is 46.5 Å². The highest BCUT2D eigenvalue weighted by Crippen LogP contribution is 2.44. The number of hydrogen-bond acceptors (Lipinski definition) is 3. The van der Waals surface area contributed by atoms with E-state index in [0.717, 1.165) is 25.7 Å². The van der Waals surface area contributed by atoms with Gasteiger partial charge in [-0.15, -0.1) is 0 Å². The number of esters is 1. The molecule has 0 aromatic rings. The molecule has 0 aromatic heterocycles. The maximum absolute atomic E-state index is 12.1. The zero-order chi connectivity index (χ0) is 14.7. The fourth-order valence-corrected chi connectivity index (χ4v) is 3.75. The second-order valence-electron chi connectivity index (χ2n) is 6.71. The molecule has 1 saturated carbocycles. The number of fused-ring (bicyclic) bond motifs is 1. The Morgan fingerprint density at radius 3 is 2.85 bits per heavy atom. The molecule has 20 heavy (non-hydrogen) atoms. The van der Waals surface area contributed by atoms with E-state index in [-0.39, 0.29) is 30.5 Å². The van der Waals surface area contributed by atoms with Crippen LogP contribution in [-0.4, -0.2) is 23.8 Å². The van der Waals surface area contributed by atoms with E-state index in [1.807, 2.05) is 13.8 Å². The number of hydrogen-bond donors (Lipinski definition) is 1. The lowest BCUT2D eigenvalue weighted by Crippen LogP contribution is -2.45. The quantitative estimate of drug-likeness (QED) is 0.635. The highest BCUT2D eigenvalue weighted by Gasteiger charge is 2.43. The van der Waals surface area contributed by atoms with Gasteiger partial charge in [0.15, 0.2) is 0 Å². The van der Waals surface area contributed by atoms with Crippen LogP contribution in [0, 0.1) is 29.6 Å².